The van der Waals surface area contributed by atoms with E-state index in [1.807, 2.05) is 0 Å². The lowest BCUT2D eigenvalue weighted by Crippen LogP contribution is -2.11. The number of ether oxygens (including phenoxy) is 2. The predicted molar refractivity (Wildman–Crippen MR) is 174 cm³/mol. The van der Waals surface area contributed by atoms with E-state index in [0.29, 0.717) is 0 Å². The molecule has 21 heteroatoms. The molecule has 19 nitrogen and oxygen atoms in total. The normalized spacial score (nSPS) is 12.3. The van der Waals surface area contributed by atoms with Crippen LogP contribution in [0.3, 0.4) is 0 Å². The van der Waals surface area contributed by atoms with Crippen molar-refractivity contribution in [3.63, 3.8) is 0 Å². The van der Waals surface area contributed by atoms with Crippen molar-refractivity contribution in [2.75, 3.05) is 19.5 Å². The van der Waals surface area contributed by atoms with E-state index in [1.54, 1.807) is 0 Å². The molecular formula is C29H24N6O13S2. The fraction of sp³-hybridized carbons (Fsp3) is 0.0690. The molecule has 0 aliphatic heterocycles. The van der Waals surface area contributed by atoms with E-state index in [4.69, 9.17) is 9.47 Å². The molecule has 0 heterocycles. The van der Waals surface area contributed by atoms with Crippen LogP contribution in [0.4, 0.5) is 34.1 Å². The summed E-state index contributed by atoms with van der Waals surface area (Å²) in [5.74, 6) is -2.65. The Morgan fingerprint density at radius 1 is 0.600 bits per heavy atom. The topological polar surface area (TPSA) is 296 Å². The van der Waals surface area contributed by atoms with Gasteiger partial charge in [0.2, 0.25) is 0 Å². The molecule has 0 aliphatic rings. The number of methoxy groups -OCH3 is 2. The van der Waals surface area contributed by atoms with Gasteiger partial charge >= 0.3 is 11.9 Å². The van der Waals surface area contributed by atoms with E-state index >= 15 is 0 Å². The number of aliphatic hydroxyl groups is 1. The third-order valence-electron chi connectivity index (χ3n) is 6.26. The number of benzene rings is 4. The Morgan fingerprint density at radius 2 is 1.04 bits per heavy atom. The summed E-state index contributed by atoms with van der Waals surface area (Å²) >= 11 is 0. The van der Waals surface area contributed by atoms with Crippen LogP contribution in [0.2, 0.25) is 0 Å². The van der Waals surface area contributed by atoms with Crippen molar-refractivity contribution in [2.24, 2.45) is 25.4 Å². The van der Waals surface area contributed by atoms with E-state index in [-0.39, 0.29) is 45.6 Å². The molecule has 0 atom stereocenters. The van der Waals surface area contributed by atoms with Gasteiger partial charge in [-0.2, -0.15) is 42.3 Å². The number of nitrogens with one attached hydrogen (secondary N) is 1. The molecule has 0 fully saturated rings. The number of nitrogens with zero attached hydrogens (tertiary/aromatic N) is 5. The van der Waals surface area contributed by atoms with Gasteiger partial charge in [0.25, 0.3) is 26.3 Å². The second-order valence-electron chi connectivity index (χ2n) is 9.69. The van der Waals surface area contributed by atoms with Gasteiger partial charge in [0.15, 0.2) is 0 Å². The number of amidine groups is 1. The van der Waals surface area contributed by atoms with Gasteiger partial charge in [0.1, 0.15) is 17.2 Å². The van der Waals surface area contributed by atoms with Crippen molar-refractivity contribution < 1.29 is 60.3 Å². The van der Waals surface area contributed by atoms with Crippen molar-refractivity contribution in [3.05, 3.63) is 83.9 Å². The van der Waals surface area contributed by atoms with Crippen molar-refractivity contribution in [3.8, 4) is 11.5 Å². The van der Waals surface area contributed by atoms with Crippen LogP contribution in [0.5, 0.6) is 11.5 Å². The first-order chi connectivity index (χ1) is 23.5. The Labute approximate surface area is 282 Å². The predicted octanol–water partition coefficient (Wildman–Crippen LogP) is 6.08. The van der Waals surface area contributed by atoms with Gasteiger partial charge in [0.05, 0.1) is 63.6 Å². The minimum atomic E-state index is -4.73. The van der Waals surface area contributed by atoms with Gasteiger partial charge in [0, 0.05) is 12.1 Å². The molecule has 4 rings (SSSR count). The molecule has 0 aromatic heterocycles. The van der Waals surface area contributed by atoms with Gasteiger partial charge in [-0.1, -0.05) is 0 Å². The molecule has 0 radical (unpaired) electrons. The van der Waals surface area contributed by atoms with Gasteiger partial charge in [-0.15, -0.1) is 0 Å². The van der Waals surface area contributed by atoms with Crippen LogP contribution < -0.4 is 14.8 Å². The maximum atomic E-state index is 11.5. The first kappa shape index (κ1) is 36.5. The zero-order chi connectivity index (χ0) is 36.8. The quantitative estimate of drug-likeness (QED) is 0.0417. The van der Waals surface area contributed by atoms with Crippen molar-refractivity contribution in [1.29, 1.82) is 0 Å². The smallest absolute Gasteiger partial charge is 0.335 e. The highest BCUT2D eigenvalue weighted by Gasteiger charge is 2.17. The third-order valence-corrected chi connectivity index (χ3v) is 7.92. The Balaban J connectivity index is 1.55. The van der Waals surface area contributed by atoms with Crippen LogP contribution >= 0.6 is 0 Å². The van der Waals surface area contributed by atoms with Gasteiger partial charge in [-0.3, -0.25) is 9.11 Å². The van der Waals surface area contributed by atoms with E-state index in [0.717, 1.165) is 36.4 Å². The molecule has 0 saturated carbocycles. The average molecular weight is 729 g/mol. The molecule has 0 spiro atoms. The van der Waals surface area contributed by atoms with Crippen molar-refractivity contribution >= 4 is 72.3 Å². The molecule has 4 aromatic carbocycles. The minimum absolute atomic E-state index is 0.111. The number of carbonyl (C=O) groups is 2. The van der Waals surface area contributed by atoms with Crippen LogP contribution in [0.1, 0.15) is 20.7 Å². The molecule has 260 valence electrons. The summed E-state index contributed by atoms with van der Waals surface area (Å²) in [4.78, 5) is 25.4. The minimum Gasteiger partial charge on any atom is -0.494 e. The molecule has 50 heavy (non-hydrogen) atoms. The first-order valence-corrected chi connectivity index (χ1v) is 16.3. The molecule has 0 bridgehead atoms. The number of azo groups is 2. The lowest BCUT2D eigenvalue weighted by molar-refractivity contribution is 0.0686. The summed E-state index contributed by atoms with van der Waals surface area (Å²) in [6.07, 6.45) is 0. The lowest BCUT2D eigenvalue weighted by atomic mass is 10.2. The first-order valence-electron chi connectivity index (χ1n) is 13.4. The van der Waals surface area contributed by atoms with Crippen LogP contribution in [-0.2, 0) is 20.2 Å². The molecule has 0 saturated heterocycles. The number of anilines is 1. The third kappa shape index (κ3) is 9.41. The van der Waals surface area contributed by atoms with Crippen molar-refractivity contribution in [2.45, 2.75) is 9.79 Å². The Hall–Kier alpha value is -6.29. The van der Waals surface area contributed by atoms with Gasteiger partial charge < -0.3 is 30.1 Å². The maximum absolute atomic E-state index is 11.5. The summed E-state index contributed by atoms with van der Waals surface area (Å²) in [5, 5.41) is 47.3. The molecule has 0 amide bonds. The Kier molecular flexibility index (Phi) is 10.9. The summed E-state index contributed by atoms with van der Waals surface area (Å²) in [6.45, 7) is 0. The highest BCUT2D eigenvalue weighted by molar-refractivity contribution is 7.86. The number of rotatable bonds is 12. The van der Waals surface area contributed by atoms with E-state index < -0.39 is 59.1 Å². The highest BCUT2D eigenvalue weighted by Crippen LogP contribution is 2.34. The van der Waals surface area contributed by atoms with Gasteiger partial charge in [-0.05, 0) is 60.7 Å². The number of hydrogen-bond donors (Lipinski definition) is 6. The van der Waals surface area contributed by atoms with Crippen molar-refractivity contribution in [1.82, 2.24) is 0 Å². The number of aliphatic imine (C=N–C) groups is 1. The van der Waals surface area contributed by atoms with Crippen LogP contribution in [0.15, 0.2) is 108 Å². The Morgan fingerprint density at radius 3 is 1.48 bits per heavy atom. The molecular weight excluding hydrogens is 704 g/mol. The fourth-order valence-corrected chi connectivity index (χ4v) is 5.08. The monoisotopic (exact) mass is 728 g/mol. The lowest BCUT2D eigenvalue weighted by Gasteiger charge is -2.11. The van der Waals surface area contributed by atoms with Gasteiger partial charge in [-0.25, -0.2) is 9.59 Å². The fourth-order valence-electron chi connectivity index (χ4n) is 3.99. The summed E-state index contributed by atoms with van der Waals surface area (Å²) in [7, 11) is -6.83. The number of carboxylic acids is 2. The van der Waals surface area contributed by atoms with E-state index in [9.17, 15) is 50.8 Å². The SMILES string of the molecule is COc1cc(N=Nc2cc(C(=O)O)cc(S(=O)(=O)O)c2)ccc1N=C(O)Nc1ccc(N=Nc2cc(C(=O)O)cc(S(=O)(=O)O)c2)cc1OC. The summed E-state index contributed by atoms with van der Waals surface area (Å²) in [6, 6.07) is 13.3. The molecule has 0 unspecified atom stereocenters. The maximum Gasteiger partial charge on any atom is 0.335 e. The number of aromatic carboxylic acids is 2. The van der Waals surface area contributed by atoms with Crippen LogP contribution in [0.25, 0.3) is 0 Å². The Bertz CT molecular complexity index is 2310. The van der Waals surface area contributed by atoms with Crippen LogP contribution in [-0.4, -0.2) is 73.4 Å². The zero-order valence-corrected chi connectivity index (χ0v) is 27.1. The zero-order valence-electron chi connectivity index (χ0n) is 25.5. The molecule has 6 N–H and O–H groups in total. The number of carboxylic acid groups (broad SMARTS) is 2. The highest BCUT2D eigenvalue weighted by atomic mass is 32.2. The number of hydrogen-bond acceptors (Lipinski definition) is 13. The van der Waals surface area contributed by atoms with Crippen LogP contribution in [0, 0.1) is 0 Å². The largest absolute Gasteiger partial charge is 0.494 e. The molecule has 0 aliphatic carbocycles. The number of aliphatic hydroxyl groups excluding tert-OH is 1. The summed E-state index contributed by atoms with van der Waals surface area (Å²) < 4.78 is 75.4. The van der Waals surface area contributed by atoms with E-state index in [2.05, 4.69) is 30.8 Å². The summed E-state index contributed by atoms with van der Waals surface area (Å²) in [5.41, 5.74) is -0.580. The average Bonchev–Trinajstić information content (AvgIpc) is 3.06. The van der Waals surface area contributed by atoms with E-state index in [1.165, 1.54) is 50.6 Å². The standard InChI is InChI=1S/C29H24N6O13S2/c1-47-25-13-17(32-34-19-7-15(27(36)37)9-21(11-19)49(41,42)43)3-5-23(25)30-29(40)31-24-6-4-18(14-26(24)48-2)33-35-20-8-16(28(38)39)10-22(12-20)50(44,45)46/h3-14H,1-2H3,(H,36,37)(H,38,39)(H2,30,31,40)(H,41,42,43)(H,44,45,46). The molecule has 4 aromatic rings. The second kappa shape index (κ2) is 14.9. The second-order valence-corrected chi connectivity index (χ2v) is 12.5.